The fourth-order valence-corrected chi connectivity index (χ4v) is 3.03. The van der Waals surface area contributed by atoms with E-state index < -0.39 is 0 Å². The molecule has 0 bridgehead atoms. The van der Waals surface area contributed by atoms with Gasteiger partial charge >= 0.3 is 0 Å². The molecule has 0 radical (unpaired) electrons. The summed E-state index contributed by atoms with van der Waals surface area (Å²) in [5, 5.41) is 3.44. The largest absolute Gasteiger partial charge is 0.331 e. The molecule has 2 heterocycles. The monoisotopic (exact) mass is 219 g/mol. The van der Waals surface area contributed by atoms with Gasteiger partial charge < -0.3 is 9.88 Å². The molecule has 1 saturated heterocycles. The molecule has 16 heavy (non-hydrogen) atoms. The molecule has 3 nitrogen and oxygen atoms in total. The van der Waals surface area contributed by atoms with E-state index >= 15 is 0 Å². The number of nitrogens with zero attached hydrogens (tertiary/aromatic N) is 2. The molecule has 2 fully saturated rings. The number of aromatic nitrogens is 2. The minimum absolute atomic E-state index is 0.645. The van der Waals surface area contributed by atoms with Crippen LogP contribution in [0.15, 0.2) is 12.5 Å². The quantitative estimate of drug-likeness (QED) is 0.845. The van der Waals surface area contributed by atoms with Crippen LogP contribution >= 0.6 is 0 Å². The first kappa shape index (κ1) is 10.3. The minimum Gasteiger partial charge on any atom is -0.331 e. The summed E-state index contributed by atoms with van der Waals surface area (Å²) in [5.41, 5.74) is 1.45. The highest BCUT2D eigenvalue weighted by molar-refractivity contribution is 5.11. The zero-order valence-corrected chi connectivity index (χ0v) is 10.0. The van der Waals surface area contributed by atoms with Crippen molar-refractivity contribution in [3.05, 3.63) is 18.2 Å². The molecule has 2 atom stereocenters. The second-order valence-electron chi connectivity index (χ2n) is 5.35. The first-order valence-electron chi connectivity index (χ1n) is 6.58. The van der Waals surface area contributed by atoms with E-state index in [1.807, 2.05) is 6.33 Å². The van der Waals surface area contributed by atoms with Crippen LogP contribution in [0.1, 0.15) is 50.3 Å². The van der Waals surface area contributed by atoms with Crippen molar-refractivity contribution in [3.8, 4) is 0 Å². The second kappa shape index (κ2) is 4.21. The average molecular weight is 219 g/mol. The average Bonchev–Trinajstić information content (AvgIpc) is 2.85. The summed E-state index contributed by atoms with van der Waals surface area (Å²) in [4.78, 5) is 4.36. The van der Waals surface area contributed by atoms with Gasteiger partial charge in [0.1, 0.15) is 0 Å². The Morgan fingerprint density at radius 3 is 2.94 bits per heavy atom. The summed E-state index contributed by atoms with van der Waals surface area (Å²) in [5.74, 6) is 1.58. The molecule has 1 aliphatic carbocycles. The Labute approximate surface area is 97.3 Å². The van der Waals surface area contributed by atoms with Crippen molar-refractivity contribution in [1.29, 1.82) is 0 Å². The van der Waals surface area contributed by atoms with Gasteiger partial charge in [0.05, 0.1) is 6.33 Å². The SMILES string of the molecule is CC(C1CCC1)n1cncc1C1CCNC1. The highest BCUT2D eigenvalue weighted by Crippen LogP contribution is 2.37. The van der Waals surface area contributed by atoms with E-state index in [0.29, 0.717) is 12.0 Å². The second-order valence-corrected chi connectivity index (χ2v) is 5.35. The number of hydrogen-bond acceptors (Lipinski definition) is 2. The van der Waals surface area contributed by atoms with E-state index in [-0.39, 0.29) is 0 Å². The standard InChI is InChI=1S/C13H21N3/c1-10(11-3-2-4-11)16-9-15-8-13(16)12-5-6-14-7-12/h8-12,14H,2-7H2,1H3. The minimum atomic E-state index is 0.645. The Bertz CT molecular complexity index is 348. The molecular weight excluding hydrogens is 198 g/mol. The van der Waals surface area contributed by atoms with Gasteiger partial charge in [-0.3, -0.25) is 0 Å². The molecule has 3 heteroatoms. The summed E-state index contributed by atoms with van der Waals surface area (Å²) < 4.78 is 2.43. The third-order valence-corrected chi connectivity index (χ3v) is 4.45. The molecule has 3 rings (SSSR count). The number of hydrogen-bond donors (Lipinski definition) is 1. The van der Waals surface area contributed by atoms with Crippen LogP contribution in [0.25, 0.3) is 0 Å². The predicted octanol–water partition coefficient (Wildman–Crippen LogP) is 2.32. The fourth-order valence-electron chi connectivity index (χ4n) is 3.03. The van der Waals surface area contributed by atoms with Gasteiger partial charge in [0.25, 0.3) is 0 Å². The molecule has 1 N–H and O–H groups in total. The van der Waals surface area contributed by atoms with Crippen LogP contribution in [0.4, 0.5) is 0 Å². The molecule has 1 aromatic heterocycles. The predicted molar refractivity (Wildman–Crippen MR) is 64.5 cm³/mol. The van der Waals surface area contributed by atoms with E-state index in [1.165, 1.54) is 31.4 Å². The first-order chi connectivity index (χ1) is 7.86. The number of nitrogens with one attached hydrogen (secondary N) is 1. The Morgan fingerprint density at radius 1 is 1.44 bits per heavy atom. The van der Waals surface area contributed by atoms with E-state index in [0.717, 1.165) is 19.0 Å². The van der Waals surface area contributed by atoms with Crippen LogP contribution in [0.2, 0.25) is 0 Å². The lowest BCUT2D eigenvalue weighted by molar-refractivity contribution is 0.218. The Morgan fingerprint density at radius 2 is 2.31 bits per heavy atom. The lowest BCUT2D eigenvalue weighted by Crippen LogP contribution is -2.24. The van der Waals surface area contributed by atoms with Crippen molar-refractivity contribution in [2.45, 2.75) is 44.6 Å². The third kappa shape index (κ3) is 1.67. The topological polar surface area (TPSA) is 29.9 Å². The van der Waals surface area contributed by atoms with Crippen LogP contribution in [0.3, 0.4) is 0 Å². The van der Waals surface area contributed by atoms with Gasteiger partial charge in [-0.2, -0.15) is 0 Å². The number of rotatable bonds is 3. The van der Waals surface area contributed by atoms with Crippen LogP contribution in [0, 0.1) is 5.92 Å². The lowest BCUT2D eigenvalue weighted by atomic mass is 9.80. The summed E-state index contributed by atoms with van der Waals surface area (Å²) >= 11 is 0. The number of imidazole rings is 1. The summed E-state index contributed by atoms with van der Waals surface area (Å²) in [6.45, 7) is 4.65. The van der Waals surface area contributed by atoms with E-state index in [2.05, 4.69) is 28.0 Å². The van der Waals surface area contributed by atoms with Crippen molar-refractivity contribution in [2.75, 3.05) is 13.1 Å². The Kier molecular flexibility index (Phi) is 2.72. The van der Waals surface area contributed by atoms with E-state index in [9.17, 15) is 0 Å². The normalized spacial score (nSPS) is 27.9. The van der Waals surface area contributed by atoms with Gasteiger partial charge in [0, 0.05) is 30.4 Å². The lowest BCUT2D eigenvalue weighted by Gasteiger charge is -2.33. The maximum Gasteiger partial charge on any atom is 0.0950 e. The van der Waals surface area contributed by atoms with Crippen LogP contribution < -0.4 is 5.32 Å². The van der Waals surface area contributed by atoms with Gasteiger partial charge in [-0.25, -0.2) is 4.98 Å². The van der Waals surface area contributed by atoms with Gasteiger partial charge in [0.2, 0.25) is 0 Å². The molecule has 88 valence electrons. The van der Waals surface area contributed by atoms with Crippen molar-refractivity contribution >= 4 is 0 Å². The zero-order chi connectivity index (χ0) is 11.0. The van der Waals surface area contributed by atoms with Gasteiger partial charge in [0.15, 0.2) is 0 Å². The summed E-state index contributed by atoms with van der Waals surface area (Å²) in [6, 6.07) is 0.645. The third-order valence-electron chi connectivity index (χ3n) is 4.45. The smallest absolute Gasteiger partial charge is 0.0950 e. The van der Waals surface area contributed by atoms with Gasteiger partial charge in [-0.15, -0.1) is 0 Å². The molecule has 0 aromatic carbocycles. The molecule has 0 spiro atoms. The molecule has 2 aliphatic rings. The van der Waals surface area contributed by atoms with Gasteiger partial charge in [-0.05, 0) is 38.6 Å². The van der Waals surface area contributed by atoms with Crippen LogP contribution in [-0.4, -0.2) is 22.6 Å². The summed E-state index contributed by atoms with van der Waals surface area (Å²) in [6.07, 6.45) is 9.61. The summed E-state index contributed by atoms with van der Waals surface area (Å²) in [7, 11) is 0. The Balaban J connectivity index is 1.80. The molecule has 0 amide bonds. The maximum atomic E-state index is 4.36. The molecule has 1 aliphatic heterocycles. The van der Waals surface area contributed by atoms with E-state index in [4.69, 9.17) is 0 Å². The molecule has 1 aromatic rings. The molecular formula is C13H21N3. The van der Waals surface area contributed by atoms with Crippen molar-refractivity contribution in [1.82, 2.24) is 14.9 Å². The maximum absolute atomic E-state index is 4.36. The van der Waals surface area contributed by atoms with Crippen molar-refractivity contribution < 1.29 is 0 Å². The first-order valence-corrected chi connectivity index (χ1v) is 6.58. The Hall–Kier alpha value is -0.830. The fraction of sp³-hybridized carbons (Fsp3) is 0.769. The zero-order valence-electron chi connectivity index (χ0n) is 10.0. The van der Waals surface area contributed by atoms with Crippen LogP contribution in [0.5, 0.6) is 0 Å². The molecule has 2 unspecified atom stereocenters. The van der Waals surface area contributed by atoms with Crippen molar-refractivity contribution in [2.24, 2.45) is 5.92 Å². The van der Waals surface area contributed by atoms with Gasteiger partial charge in [-0.1, -0.05) is 6.42 Å². The van der Waals surface area contributed by atoms with E-state index in [1.54, 1.807) is 0 Å². The van der Waals surface area contributed by atoms with Crippen LogP contribution in [-0.2, 0) is 0 Å². The van der Waals surface area contributed by atoms with Crippen molar-refractivity contribution in [3.63, 3.8) is 0 Å². The molecule has 1 saturated carbocycles. The highest BCUT2D eigenvalue weighted by Gasteiger charge is 2.28. The highest BCUT2D eigenvalue weighted by atomic mass is 15.1.